The molecule has 1 N–H and O–H groups in total. The number of aromatic amines is 1. The van der Waals surface area contributed by atoms with Crippen molar-refractivity contribution >= 4 is 26.6 Å². The van der Waals surface area contributed by atoms with Gasteiger partial charge in [-0.2, -0.15) is 4.39 Å². The standard InChI is InChI=1S/C21H24FN5O4S/c1-11-8-30-9-13-10-31-17-18(21(2,3)32(4,28)29)25-19(26-20(17)27(11)13)14-5-12-6-16(22)23-7-15(12)24-14/h5-7,11,13,24H,8-10H2,1-4H3/t11-,13+/m1/s1. The average Bonchev–Trinajstić information content (AvgIpc) is 3.15. The van der Waals surface area contributed by atoms with Crippen molar-refractivity contribution in [2.45, 2.75) is 37.6 Å². The molecule has 3 aromatic rings. The maximum absolute atomic E-state index is 13.6. The third-order valence-electron chi connectivity index (χ3n) is 6.26. The lowest BCUT2D eigenvalue weighted by molar-refractivity contribution is 0.0482. The highest BCUT2D eigenvalue weighted by molar-refractivity contribution is 7.91. The fourth-order valence-electron chi connectivity index (χ4n) is 4.16. The lowest BCUT2D eigenvalue weighted by Crippen LogP contribution is -2.56. The summed E-state index contributed by atoms with van der Waals surface area (Å²) in [6, 6.07) is 3.03. The number of hydrogen-bond donors (Lipinski definition) is 1. The second kappa shape index (κ2) is 7.11. The number of hydrogen-bond acceptors (Lipinski definition) is 8. The summed E-state index contributed by atoms with van der Waals surface area (Å²) in [5.74, 6) is 0.622. The number of aromatic nitrogens is 4. The van der Waals surface area contributed by atoms with Crippen LogP contribution in [0.3, 0.4) is 0 Å². The van der Waals surface area contributed by atoms with Crippen LogP contribution in [0, 0.1) is 5.95 Å². The molecule has 0 saturated carbocycles. The molecule has 9 nitrogen and oxygen atoms in total. The maximum atomic E-state index is 13.6. The normalized spacial score (nSPS) is 21.2. The topological polar surface area (TPSA) is 110 Å². The first-order valence-corrected chi connectivity index (χ1v) is 12.2. The lowest BCUT2D eigenvalue weighted by atomic mass is 10.0. The monoisotopic (exact) mass is 461 g/mol. The quantitative estimate of drug-likeness (QED) is 0.592. The molecule has 1 fully saturated rings. The summed E-state index contributed by atoms with van der Waals surface area (Å²) in [6.45, 7) is 6.61. The highest BCUT2D eigenvalue weighted by atomic mass is 32.2. The predicted molar refractivity (Wildman–Crippen MR) is 117 cm³/mol. The molecule has 5 rings (SSSR count). The number of rotatable bonds is 3. The molecule has 0 unspecified atom stereocenters. The van der Waals surface area contributed by atoms with E-state index >= 15 is 0 Å². The van der Waals surface area contributed by atoms with Crippen LogP contribution in [-0.4, -0.2) is 66.5 Å². The highest BCUT2D eigenvalue weighted by Crippen LogP contribution is 2.44. The number of ether oxygens (including phenoxy) is 2. The van der Waals surface area contributed by atoms with Gasteiger partial charge in [-0.25, -0.2) is 23.4 Å². The highest BCUT2D eigenvalue weighted by Gasteiger charge is 2.44. The van der Waals surface area contributed by atoms with E-state index in [4.69, 9.17) is 14.5 Å². The molecule has 1 saturated heterocycles. The van der Waals surface area contributed by atoms with Crippen molar-refractivity contribution < 1.29 is 22.3 Å². The third kappa shape index (κ3) is 3.22. The molecule has 32 heavy (non-hydrogen) atoms. The Kier molecular flexibility index (Phi) is 4.68. The van der Waals surface area contributed by atoms with Crippen LogP contribution in [0.4, 0.5) is 10.2 Å². The zero-order chi connectivity index (χ0) is 22.8. The van der Waals surface area contributed by atoms with E-state index in [1.807, 2.05) is 6.92 Å². The molecule has 0 bridgehead atoms. The molecule has 2 aliphatic rings. The van der Waals surface area contributed by atoms with Crippen LogP contribution in [-0.2, 0) is 19.3 Å². The van der Waals surface area contributed by atoms with Crippen LogP contribution in [0.2, 0.25) is 0 Å². The summed E-state index contributed by atoms with van der Waals surface area (Å²) in [7, 11) is -3.54. The Morgan fingerprint density at radius 3 is 2.75 bits per heavy atom. The Morgan fingerprint density at radius 1 is 1.22 bits per heavy atom. The van der Waals surface area contributed by atoms with Crippen molar-refractivity contribution in [1.82, 2.24) is 19.9 Å². The minimum Gasteiger partial charge on any atom is -0.486 e. The minimum absolute atomic E-state index is 0.0226. The summed E-state index contributed by atoms with van der Waals surface area (Å²) in [5.41, 5.74) is 1.45. The van der Waals surface area contributed by atoms with Gasteiger partial charge in [0.25, 0.3) is 0 Å². The van der Waals surface area contributed by atoms with Gasteiger partial charge >= 0.3 is 0 Å². The van der Waals surface area contributed by atoms with Crippen molar-refractivity contribution in [3.63, 3.8) is 0 Å². The molecule has 5 heterocycles. The number of nitrogens with zero attached hydrogens (tertiary/aromatic N) is 4. The van der Waals surface area contributed by atoms with Crippen molar-refractivity contribution in [3.05, 3.63) is 30.0 Å². The summed E-state index contributed by atoms with van der Waals surface area (Å²) >= 11 is 0. The summed E-state index contributed by atoms with van der Waals surface area (Å²) < 4.78 is 49.4. The first kappa shape index (κ1) is 21.1. The van der Waals surface area contributed by atoms with Crippen LogP contribution in [0.15, 0.2) is 18.3 Å². The fraction of sp³-hybridized carbons (Fsp3) is 0.476. The van der Waals surface area contributed by atoms with E-state index in [-0.39, 0.29) is 12.1 Å². The van der Waals surface area contributed by atoms with Crippen molar-refractivity contribution in [3.8, 4) is 17.3 Å². The Labute approximate surface area is 184 Å². The van der Waals surface area contributed by atoms with Gasteiger partial charge in [0.2, 0.25) is 5.95 Å². The smallest absolute Gasteiger partial charge is 0.213 e. The van der Waals surface area contributed by atoms with E-state index in [1.54, 1.807) is 19.9 Å². The lowest BCUT2D eigenvalue weighted by Gasteiger charge is -2.45. The molecular formula is C21H24FN5O4S. The van der Waals surface area contributed by atoms with Crippen LogP contribution >= 0.6 is 0 Å². The Bertz CT molecular complexity index is 1320. The van der Waals surface area contributed by atoms with Gasteiger partial charge in [-0.15, -0.1) is 0 Å². The molecule has 170 valence electrons. The fourth-order valence-corrected chi connectivity index (χ4v) is 4.65. The van der Waals surface area contributed by atoms with Crippen molar-refractivity contribution in [2.75, 3.05) is 31.0 Å². The van der Waals surface area contributed by atoms with Gasteiger partial charge in [-0.1, -0.05) is 0 Å². The molecule has 2 atom stereocenters. The molecule has 3 aromatic heterocycles. The molecule has 0 aliphatic carbocycles. The Morgan fingerprint density at radius 2 is 2.00 bits per heavy atom. The Balaban J connectivity index is 1.76. The number of anilines is 1. The molecule has 0 radical (unpaired) electrons. The first-order valence-electron chi connectivity index (χ1n) is 10.3. The number of pyridine rings is 1. The van der Waals surface area contributed by atoms with Crippen molar-refractivity contribution in [1.29, 1.82) is 0 Å². The van der Waals surface area contributed by atoms with Gasteiger partial charge in [0.05, 0.1) is 42.7 Å². The number of sulfone groups is 1. The van der Waals surface area contributed by atoms with E-state index in [2.05, 4.69) is 19.9 Å². The van der Waals surface area contributed by atoms with Gasteiger partial charge in [0.1, 0.15) is 17.0 Å². The largest absolute Gasteiger partial charge is 0.486 e. The number of nitrogens with one attached hydrogen (secondary N) is 1. The van der Waals surface area contributed by atoms with Crippen LogP contribution in [0.5, 0.6) is 5.75 Å². The van der Waals surface area contributed by atoms with E-state index in [0.717, 1.165) is 0 Å². The number of H-pyrrole nitrogens is 1. The van der Waals surface area contributed by atoms with Crippen LogP contribution < -0.4 is 9.64 Å². The minimum atomic E-state index is -3.54. The summed E-state index contributed by atoms with van der Waals surface area (Å²) in [6.07, 6.45) is 2.58. The average molecular weight is 462 g/mol. The molecular weight excluding hydrogens is 437 g/mol. The van der Waals surface area contributed by atoms with Gasteiger partial charge in [0, 0.05) is 17.7 Å². The zero-order valence-corrected chi connectivity index (χ0v) is 19.0. The van der Waals surface area contributed by atoms with Gasteiger partial charge in [0.15, 0.2) is 27.2 Å². The maximum Gasteiger partial charge on any atom is 0.213 e. The molecule has 0 amide bonds. The summed E-state index contributed by atoms with van der Waals surface area (Å²) in [5, 5.41) is 0.617. The number of morpholine rings is 1. The second-order valence-corrected chi connectivity index (χ2v) is 11.4. The molecule has 2 aliphatic heterocycles. The van der Waals surface area contributed by atoms with E-state index in [9.17, 15) is 12.8 Å². The predicted octanol–water partition coefficient (Wildman–Crippen LogP) is 2.42. The zero-order valence-electron chi connectivity index (χ0n) is 18.2. The van der Waals surface area contributed by atoms with Gasteiger partial charge < -0.3 is 19.4 Å². The molecule has 11 heteroatoms. The molecule has 0 spiro atoms. The van der Waals surface area contributed by atoms with Crippen LogP contribution in [0.1, 0.15) is 26.5 Å². The SMILES string of the molecule is C[C@@H]1COC[C@H]2COc3c(nc(-c4cc5cc(F)ncc5[nH]4)nc3C(C)(C)S(C)(=O)=O)N21. The number of halogens is 1. The second-order valence-electron chi connectivity index (χ2n) is 8.87. The van der Waals surface area contributed by atoms with E-state index in [1.165, 1.54) is 18.5 Å². The van der Waals surface area contributed by atoms with E-state index in [0.29, 0.717) is 59.5 Å². The third-order valence-corrected chi connectivity index (χ3v) is 8.31. The number of fused-ring (bicyclic) bond motifs is 4. The van der Waals surface area contributed by atoms with Crippen molar-refractivity contribution in [2.24, 2.45) is 0 Å². The molecule has 0 aromatic carbocycles. The summed E-state index contributed by atoms with van der Waals surface area (Å²) in [4.78, 5) is 18.4. The van der Waals surface area contributed by atoms with E-state index < -0.39 is 20.5 Å². The van der Waals surface area contributed by atoms with Gasteiger partial charge in [-0.05, 0) is 26.8 Å². The van der Waals surface area contributed by atoms with Gasteiger partial charge in [-0.3, -0.25) is 0 Å². The first-order chi connectivity index (χ1) is 15.1. The Hall–Kier alpha value is -2.79. The van der Waals surface area contributed by atoms with Crippen LogP contribution in [0.25, 0.3) is 22.4 Å².